The quantitative estimate of drug-likeness (QED) is 0.493. The number of ether oxygens (including phenoxy) is 2. The van der Waals surface area contributed by atoms with E-state index in [0.717, 1.165) is 5.56 Å². The number of methoxy groups -OCH3 is 1. The SMILES string of the molecule is CCOc1ccc(C2C(C(=O)c3cccs3)=C(O)C(=O)N2Cc2ccccc2)cc1OC. The number of aliphatic hydroxyl groups is 1. The molecule has 2 heterocycles. The van der Waals surface area contributed by atoms with Gasteiger partial charge in [-0.05, 0) is 41.6 Å². The van der Waals surface area contributed by atoms with Crippen molar-refractivity contribution in [2.75, 3.05) is 13.7 Å². The van der Waals surface area contributed by atoms with Gasteiger partial charge in [-0.3, -0.25) is 9.59 Å². The second-order valence-electron chi connectivity index (χ2n) is 7.23. The largest absolute Gasteiger partial charge is 0.503 e. The van der Waals surface area contributed by atoms with Gasteiger partial charge in [-0.15, -0.1) is 11.3 Å². The number of carbonyl (C=O) groups is 2. The molecule has 2 aromatic carbocycles. The minimum Gasteiger partial charge on any atom is -0.503 e. The lowest BCUT2D eigenvalue weighted by Gasteiger charge is -2.27. The Morgan fingerprint density at radius 2 is 1.88 bits per heavy atom. The van der Waals surface area contributed by atoms with Crippen molar-refractivity contribution in [1.29, 1.82) is 0 Å². The monoisotopic (exact) mass is 449 g/mol. The van der Waals surface area contributed by atoms with E-state index >= 15 is 0 Å². The predicted octanol–water partition coefficient (Wildman–Crippen LogP) is 4.93. The van der Waals surface area contributed by atoms with E-state index in [1.807, 2.05) is 37.3 Å². The molecule has 0 radical (unpaired) electrons. The molecule has 6 nitrogen and oxygen atoms in total. The molecule has 4 rings (SSSR count). The molecule has 7 heteroatoms. The third-order valence-corrected chi connectivity index (χ3v) is 6.16. The van der Waals surface area contributed by atoms with E-state index in [1.165, 1.54) is 23.3 Å². The van der Waals surface area contributed by atoms with Crippen molar-refractivity contribution in [3.8, 4) is 11.5 Å². The molecule has 0 saturated carbocycles. The van der Waals surface area contributed by atoms with Gasteiger partial charge in [-0.1, -0.05) is 42.5 Å². The van der Waals surface area contributed by atoms with Gasteiger partial charge in [0.15, 0.2) is 17.3 Å². The van der Waals surface area contributed by atoms with Crippen LogP contribution in [0.3, 0.4) is 0 Å². The van der Waals surface area contributed by atoms with Crippen LogP contribution in [0, 0.1) is 0 Å². The summed E-state index contributed by atoms with van der Waals surface area (Å²) in [4.78, 5) is 28.4. The van der Waals surface area contributed by atoms with Crippen molar-refractivity contribution >= 4 is 23.0 Å². The molecule has 0 aliphatic carbocycles. The Bertz CT molecular complexity index is 1150. The van der Waals surface area contributed by atoms with E-state index < -0.39 is 17.7 Å². The van der Waals surface area contributed by atoms with Crippen LogP contribution >= 0.6 is 11.3 Å². The molecular weight excluding hydrogens is 426 g/mol. The van der Waals surface area contributed by atoms with Gasteiger partial charge in [0.25, 0.3) is 5.91 Å². The van der Waals surface area contributed by atoms with Crippen molar-refractivity contribution in [2.45, 2.75) is 19.5 Å². The summed E-state index contributed by atoms with van der Waals surface area (Å²) >= 11 is 1.27. The molecule has 1 aliphatic rings. The van der Waals surface area contributed by atoms with Crippen molar-refractivity contribution in [3.63, 3.8) is 0 Å². The number of ketones is 1. The Kier molecular flexibility index (Phi) is 6.28. The average molecular weight is 450 g/mol. The maximum Gasteiger partial charge on any atom is 0.290 e. The van der Waals surface area contributed by atoms with Crippen LogP contribution in [0.15, 0.2) is 77.4 Å². The third kappa shape index (κ3) is 3.99. The second-order valence-corrected chi connectivity index (χ2v) is 8.18. The van der Waals surface area contributed by atoms with Gasteiger partial charge in [0, 0.05) is 6.54 Å². The summed E-state index contributed by atoms with van der Waals surface area (Å²) in [6, 6.07) is 17.5. The molecule has 1 amide bonds. The van der Waals surface area contributed by atoms with Gasteiger partial charge in [-0.2, -0.15) is 0 Å². The fourth-order valence-corrected chi connectivity index (χ4v) is 4.52. The first-order valence-corrected chi connectivity index (χ1v) is 11.1. The molecule has 1 aliphatic heterocycles. The number of carbonyl (C=O) groups excluding carboxylic acids is 2. The number of nitrogens with zero attached hydrogens (tertiary/aromatic N) is 1. The number of hydrogen-bond acceptors (Lipinski definition) is 6. The highest BCUT2D eigenvalue weighted by molar-refractivity contribution is 7.12. The normalized spacial score (nSPS) is 15.9. The molecule has 164 valence electrons. The Morgan fingerprint density at radius 3 is 2.53 bits per heavy atom. The summed E-state index contributed by atoms with van der Waals surface area (Å²) in [6.07, 6.45) is 0. The summed E-state index contributed by atoms with van der Waals surface area (Å²) in [6.45, 7) is 2.59. The highest BCUT2D eigenvalue weighted by Crippen LogP contribution is 2.42. The van der Waals surface area contributed by atoms with E-state index in [-0.39, 0.29) is 17.9 Å². The molecule has 0 bridgehead atoms. The van der Waals surface area contributed by atoms with Crippen molar-refractivity contribution in [1.82, 2.24) is 4.90 Å². The minimum atomic E-state index is -0.762. The summed E-state index contributed by atoms with van der Waals surface area (Å²) in [5.74, 6) is -0.397. The van der Waals surface area contributed by atoms with Gasteiger partial charge in [-0.25, -0.2) is 0 Å². The zero-order valence-electron chi connectivity index (χ0n) is 17.8. The van der Waals surface area contributed by atoms with Gasteiger partial charge >= 0.3 is 0 Å². The van der Waals surface area contributed by atoms with Crippen LogP contribution in [0.2, 0.25) is 0 Å². The molecule has 1 N–H and O–H groups in total. The number of thiophene rings is 1. The van der Waals surface area contributed by atoms with E-state index in [4.69, 9.17) is 9.47 Å². The van der Waals surface area contributed by atoms with Crippen LogP contribution in [-0.2, 0) is 11.3 Å². The number of aliphatic hydroxyl groups excluding tert-OH is 1. The summed E-state index contributed by atoms with van der Waals surface area (Å²) in [7, 11) is 1.54. The highest BCUT2D eigenvalue weighted by Gasteiger charge is 2.44. The van der Waals surface area contributed by atoms with Crippen LogP contribution in [0.4, 0.5) is 0 Å². The molecule has 1 atom stereocenters. The minimum absolute atomic E-state index is 0.0691. The molecule has 1 unspecified atom stereocenters. The first-order valence-electron chi connectivity index (χ1n) is 10.2. The van der Waals surface area contributed by atoms with E-state index in [2.05, 4.69) is 0 Å². The predicted molar refractivity (Wildman–Crippen MR) is 122 cm³/mol. The lowest BCUT2D eigenvalue weighted by molar-refractivity contribution is -0.130. The maximum atomic E-state index is 13.3. The summed E-state index contributed by atoms with van der Waals surface area (Å²) in [5, 5.41) is 12.6. The van der Waals surface area contributed by atoms with Gasteiger partial charge in [0.2, 0.25) is 5.78 Å². The Balaban J connectivity index is 1.81. The first-order chi connectivity index (χ1) is 15.5. The molecule has 0 spiro atoms. The topological polar surface area (TPSA) is 76.1 Å². The van der Waals surface area contributed by atoms with E-state index in [0.29, 0.717) is 28.5 Å². The van der Waals surface area contributed by atoms with Gasteiger partial charge in [0.1, 0.15) is 0 Å². The molecule has 0 saturated heterocycles. The second kappa shape index (κ2) is 9.28. The van der Waals surface area contributed by atoms with Crippen molar-refractivity contribution in [2.24, 2.45) is 0 Å². The van der Waals surface area contributed by atoms with Crippen LogP contribution in [-0.4, -0.2) is 35.4 Å². The van der Waals surface area contributed by atoms with Gasteiger partial charge < -0.3 is 19.5 Å². The Morgan fingerprint density at radius 1 is 1.09 bits per heavy atom. The van der Waals surface area contributed by atoms with Crippen LogP contribution < -0.4 is 9.47 Å². The standard InChI is InChI=1S/C25H23NO5S/c1-3-31-18-12-11-17(14-19(18)30-2)22-21(23(27)20-10-7-13-32-20)24(28)25(29)26(22)15-16-8-5-4-6-9-16/h4-14,22,28H,3,15H2,1-2H3. The number of rotatable bonds is 8. The maximum absolute atomic E-state index is 13.3. The number of benzene rings is 2. The smallest absolute Gasteiger partial charge is 0.290 e. The zero-order chi connectivity index (χ0) is 22.7. The average Bonchev–Trinajstić information content (AvgIpc) is 3.43. The van der Waals surface area contributed by atoms with Crippen LogP contribution in [0.5, 0.6) is 11.5 Å². The fraction of sp³-hybridized carbons (Fsp3) is 0.200. The van der Waals surface area contributed by atoms with E-state index in [1.54, 1.807) is 35.7 Å². The molecule has 1 aromatic heterocycles. The summed E-state index contributed by atoms with van der Waals surface area (Å²) < 4.78 is 11.1. The fourth-order valence-electron chi connectivity index (χ4n) is 3.84. The van der Waals surface area contributed by atoms with Crippen LogP contribution in [0.1, 0.15) is 33.8 Å². The lowest BCUT2D eigenvalue weighted by Crippen LogP contribution is -2.30. The summed E-state index contributed by atoms with van der Waals surface area (Å²) in [5.41, 5.74) is 1.61. The third-order valence-electron chi connectivity index (χ3n) is 5.29. The van der Waals surface area contributed by atoms with Gasteiger partial charge in [0.05, 0.1) is 30.2 Å². The van der Waals surface area contributed by atoms with Crippen molar-refractivity contribution < 1.29 is 24.2 Å². The van der Waals surface area contributed by atoms with Crippen LogP contribution in [0.25, 0.3) is 0 Å². The number of Topliss-reactive ketones (excluding diaryl/α,β-unsaturated/α-hetero) is 1. The molecule has 3 aromatic rings. The number of amides is 1. The molecule has 0 fully saturated rings. The highest BCUT2D eigenvalue weighted by atomic mass is 32.1. The van der Waals surface area contributed by atoms with E-state index in [9.17, 15) is 14.7 Å². The Hall–Kier alpha value is -3.58. The Labute approximate surface area is 190 Å². The van der Waals surface area contributed by atoms with Crippen molar-refractivity contribution in [3.05, 3.63) is 93.4 Å². The first kappa shape index (κ1) is 21.6. The molecular formula is C25H23NO5S. The molecule has 32 heavy (non-hydrogen) atoms. The lowest BCUT2D eigenvalue weighted by atomic mass is 9.95. The number of hydrogen-bond donors (Lipinski definition) is 1. The zero-order valence-corrected chi connectivity index (χ0v) is 18.6.